The van der Waals surface area contributed by atoms with Gasteiger partial charge in [-0.05, 0) is 12.8 Å². The molecule has 0 bridgehead atoms. The second-order valence-electron chi connectivity index (χ2n) is 3.41. The molecule has 2 unspecified atom stereocenters. The van der Waals surface area contributed by atoms with Crippen LogP contribution in [0.25, 0.3) is 0 Å². The Morgan fingerprint density at radius 1 is 1.21 bits per heavy atom. The lowest BCUT2D eigenvalue weighted by molar-refractivity contribution is -0.150. The molecule has 1 aliphatic heterocycles. The minimum absolute atomic E-state index is 0.139. The first kappa shape index (κ1) is 9.42. The number of hydrogen-bond acceptors (Lipinski definition) is 4. The van der Waals surface area contributed by atoms with Crippen LogP contribution >= 0.6 is 0 Å². The molecule has 0 aromatic heterocycles. The van der Waals surface area contributed by atoms with E-state index < -0.39 is 24.1 Å². The van der Waals surface area contributed by atoms with Gasteiger partial charge in [-0.2, -0.15) is 0 Å². The summed E-state index contributed by atoms with van der Waals surface area (Å²) >= 11 is 0. The third-order valence-corrected chi connectivity index (χ3v) is 2.20. The van der Waals surface area contributed by atoms with E-state index in [9.17, 15) is 9.59 Å². The number of aliphatic carboxylic acids is 1. The van der Waals surface area contributed by atoms with E-state index in [1.165, 1.54) is 0 Å². The third-order valence-electron chi connectivity index (χ3n) is 2.20. The van der Waals surface area contributed by atoms with Gasteiger partial charge in [-0.25, -0.2) is 4.79 Å². The maximum absolute atomic E-state index is 11.4. The summed E-state index contributed by atoms with van der Waals surface area (Å²) in [6.07, 6.45) is -0.268. The maximum Gasteiger partial charge on any atom is 0.336 e. The summed E-state index contributed by atoms with van der Waals surface area (Å²) in [6, 6.07) is 0.196. The first-order valence-corrected chi connectivity index (χ1v) is 4.45. The summed E-state index contributed by atoms with van der Waals surface area (Å²) in [6.45, 7) is -0.139. The predicted octanol–water partition coefficient (Wildman–Crippen LogP) is -0.909. The van der Waals surface area contributed by atoms with Gasteiger partial charge in [0.25, 0.3) is 5.91 Å². The van der Waals surface area contributed by atoms with Gasteiger partial charge in [0.05, 0.1) is 0 Å². The molecule has 14 heavy (non-hydrogen) atoms. The largest absolute Gasteiger partial charge is 0.479 e. The lowest BCUT2D eigenvalue weighted by Crippen LogP contribution is -2.44. The first-order valence-electron chi connectivity index (χ1n) is 4.45. The molecule has 2 fully saturated rings. The van der Waals surface area contributed by atoms with Crippen molar-refractivity contribution in [1.29, 1.82) is 0 Å². The fraction of sp³-hybridized carbons (Fsp3) is 0.750. The number of ether oxygens (including phenoxy) is 2. The van der Waals surface area contributed by atoms with Crippen LogP contribution in [0.1, 0.15) is 12.8 Å². The Morgan fingerprint density at radius 3 is 2.43 bits per heavy atom. The highest BCUT2D eigenvalue weighted by Gasteiger charge is 2.41. The van der Waals surface area contributed by atoms with Crippen molar-refractivity contribution in [3.8, 4) is 0 Å². The molecule has 6 nitrogen and oxygen atoms in total. The van der Waals surface area contributed by atoms with Gasteiger partial charge in [-0.15, -0.1) is 0 Å². The number of carbonyl (C=O) groups excluding carboxylic acids is 1. The van der Waals surface area contributed by atoms with Gasteiger partial charge < -0.3 is 19.9 Å². The summed E-state index contributed by atoms with van der Waals surface area (Å²) < 4.78 is 9.67. The highest BCUT2D eigenvalue weighted by molar-refractivity contribution is 5.88. The SMILES string of the molecule is O=C(O)C1OCOC1C(=O)NC1CC1. The van der Waals surface area contributed by atoms with Gasteiger partial charge >= 0.3 is 5.97 Å². The number of rotatable bonds is 3. The van der Waals surface area contributed by atoms with Crippen molar-refractivity contribution in [2.45, 2.75) is 31.1 Å². The van der Waals surface area contributed by atoms with E-state index in [1.807, 2.05) is 0 Å². The normalized spacial score (nSPS) is 31.4. The fourth-order valence-corrected chi connectivity index (χ4v) is 1.29. The molecule has 6 heteroatoms. The van der Waals surface area contributed by atoms with E-state index in [0.717, 1.165) is 12.8 Å². The smallest absolute Gasteiger partial charge is 0.336 e. The number of hydrogen-bond donors (Lipinski definition) is 2. The van der Waals surface area contributed by atoms with Crippen molar-refractivity contribution in [2.75, 3.05) is 6.79 Å². The summed E-state index contributed by atoms with van der Waals surface area (Å²) in [5.74, 6) is -1.56. The lowest BCUT2D eigenvalue weighted by Gasteiger charge is -2.12. The molecule has 1 saturated carbocycles. The lowest BCUT2D eigenvalue weighted by atomic mass is 10.2. The van der Waals surface area contributed by atoms with E-state index in [2.05, 4.69) is 5.32 Å². The van der Waals surface area contributed by atoms with Crippen LogP contribution < -0.4 is 5.32 Å². The minimum atomic E-state index is -1.17. The summed E-state index contributed by atoms with van der Waals surface area (Å²) in [7, 11) is 0. The van der Waals surface area contributed by atoms with Gasteiger partial charge in [0.1, 0.15) is 6.79 Å². The van der Waals surface area contributed by atoms with E-state index >= 15 is 0 Å². The van der Waals surface area contributed by atoms with Crippen LogP contribution in [0.3, 0.4) is 0 Å². The van der Waals surface area contributed by atoms with E-state index in [1.54, 1.807) is 0 Å². The Balaban J connectivity index is 1.93. The maximum atomic E-state index is 11.4. The highest BCUT2D eigenvalue weighted by Crippen LogP contribution is 2.20. The number of carboxylic acid groups (broad SMARTS) is 1. The monoisotopic (exact) mass is 201 g/mol. The van der Waals surface area contributed by atoms with E-state index in [0.29, 0.717) is 0 Å². The zero-order chi connectivity index (χ0) is 10.1. The molecular formula is C8H11NO5. The van der Waals surface area contributed by atoms with Crippen molar-refractivity contribution in [2.24, 2.45) is 0 Å². The van der Waals surface area contributed by atoms with Crippen LogP contribution in [0.5, 0.6) is 0 Å². The average molecular weight is 201 g/mol. The number of amides is 1. The second kappa shape index (κ2) is 3.55. The van der Waals surface area contributed by atoms with Gasteiger partial charge in [-0.1, -0.05) is 0 Å². The Labute approximate surface area is 80.2 Å². The van der Waals surface area contributed by atoms with Crippen LogP contribution in [-0.2, 0) is 19.1 Å². The van der Waals surface area contributed by atoms with E-state index in [-0.39, 0.29) is 12.8 Å². The molecule has 0 spiro atoms. The summed E-state index contributed by atoms with van der Waals surface area (Å²) in [5.41, 5.74) is 0. The Kier molecular flexibility index (Phi) is 2.39. The third kappa shape index (κ3) is 1.85. The molecule has 0 aromatic rings. The Morgan fingerprint density at radius 2 is 1.86 bits per heavy atom. The number of carboxylic acids is 1. The number of carbonyl (C=O) groups is 2. The zero-order valence-electron chi connectivity index (χ0n) is 7.43. The minimum Gasteiger partial charge on any atom is -0.479 e. The van der Waals surface area contributed by atoms with E-state index in [4.69, 9.17) is 14.6 Å². The topological polar surface area (TPSA) is 84.9 Å². The quantitative estimate of drug-likeness (QED) is 0.617. The molecular weight excluding hydrogens is 190 g/mol. The molecule has 1 aliphatic carbocycles. The average Bonchev–Trinajstić information content (AvgIpc) is 2.81. The summed E-state index contributed by atoms with van der Waals surface area (Å²) in [5, 5.41) is 11.4. The molecule has 1 saturated heterocycles. The molecule has 0 aromatic carbocycles. The van der Waals surface area contributed by atoms with Crippen molar-refractivity contribution >= 4 is 11.9 Å². The van der Waals surface area contributed by atoms with Crippen LogP contribution in [0, 0.1) is 0 Å². The van der Waals surface area contributed by atoms with Gasteiger partial charge in [0.2, 0.25) is 0 Å². The van der Waals surface area contributed by atoms with Gasteiger partial charge in [0, 0.05) is 6.04 Å². The van der Waals surface area contributed by atoms with Crippen molar-refractivity contribution in [1.82, 2.24) is 5.32 Å². The van der Waals surface area contributed by atoms with Crippen molar-refractivity contribution < 1.29 is 24.2 Å². The number of nitrogens with one attached hydrogen (secondary N) is 1. The second-order valence-corrected chi connectivity index (χ2v) is 3.41. The van der Waals surface area contributed by atoms with Gasteiger partial charge in [-0.3, -0.25) is 4.79 Å². The van der Waals surface area contributed by atoms with Crippen LogP contribution in [0.15, 0.2) is 0 Å². The molecule has 1 heterocycles. The van der Waals surface area contributed by atoms with Crippen LogP contribution in [-0.4, -0.2) is 42.0 Å². The standard InChI is InChI=1S/C8H11NO5/c10-7(9-4-1-2-4)5-6(8(11)12)14-3-13-5/h4-6H,1-3H2,(H,9,10)(H,11,12). The molecule has 2 N–H and O–H groups in total. The Hall–Kier alpha value is -1.14. The summed E-state index contributed by atoms with van der Waals surface area (Å²) in [4.78, 5) is 22.1. The highest BCUT2D eigenvalue weighted by atomic mass is 16.7. The van der Waals surface area contributed by atoms with Crippen molar-refractivity contribution in [3.05, 3.63) is 0 Å². The van der Waals surface area contributed by atoms with Crippen molar-refractivity contribution in [3.63, 3.8) is 0 Å². The zero-order valence-corrected chi connectivity index (χ0v) is 7.43. The molecule has 2 aliphatic rings. The van der Waals surface area contributed by atoms with Crippen LogP contribution in [0.4, 0.5) is 0 Å². The van der Waals surface area contributed by atoms with Crippen LogP contribution in [0.2, 0.25) is 0 Å². The molecule has 2 rings (SSSR count). The predicted molar refractivity (Wildman–Crippen MR) is 43.4 cm³/mol. The van der Waals surface area contributed by atoms with Gasteiger partial charge in [0.15, 0.2) is 12.2 Å². The fourth-order valence-electron chi connectivity index (χ4n) is 1.29. The molecule has 2 atom stereocenters. The molecule has 78 valence electrons. The molecule has 1 amide bonds. The molecule has 0 radical (unpaired) electrons. The Bertz CT molecular complexity index is 262. The first-order chi connectivity index (χ1) is 6.68.